The summed E-state index contributed by atoms with van der Waals surface area (Å²) >= 11 is 1.43. The first kappa shape index (κ1) is 11.6. The standard InChI is InChI=1S/C13H16N4S/c1-2-12-16-13(18-17-12)15-6-9-3-4-10-7-14-8-11(10)5-9/h3-5,14H,2,6-8H2,1H3,(H,15,16,17). The number of fused-ring (bicyclic) bond motifs is 1. The molecule has 0 radical (unpaired) electrons. The predicted molar refractivity (Wildman–Crippen MR) is 73.6 cm³/mol. The molecule has 0 amide bonds. The molecule has 0 bridgehead atoms. The maximum Gasteiger partial charge on any atom is 0.202 e. The summed E-state index contributed by atoms with van der Waals surface area (Å²) in [4.78, 5) is 4.40. The highest BCUT2D eigenvalue weighted by molar-refractivity contribution is 7.09. The lowest BCUT2D eigenvalue weighted by atomic mass is 10.1. The molecular formula is C13H16N4S. The third-order valence-corrected chi connectivity index (χ3v) is 3.84. The molecule has 0 aliphatic carbocycles. The Morgan fingerprint density at radius 1 is 1.33 bits per heavy atom. The number of hydrogen-bond donors (Lipinski definition) is 2. The van der Waals surface area contributed by atoms with Crippen molar-refractivity contribution in [2.75, 3.05) is 5.32 Å². The number of hydrogen-bond acceptors (Lipinski definition) is 5. The van der Waals surface area contributed by atoms with E-state index >= 15 is 0 Å². The number of nitrogens with one attached hydrogen (secondary N) is 2. The van der Waals surface area contributed by atoms with Crippen LogP contribution in [-0.2, 0) is 26.1 Å². The molecule has 0 fully saturated rings. The van der Waals surface area contributed by atoms with Gasteiger partial charge in [0.05, 0.1) is 0 Å². The van der Waals surface area contributed by atoms with Gasteiger partial charge in [-0.3, -0.25) is 0 Å². The molecule has 0 spiro atoms. The number of aromatic nitrogens is 2. The first-order chi connectivity index (χ1) is 8.85. The van der Waals surface area contributed by atoms with Crippen LogP contribution in [-0.4, -0.2) is 9.36 Å². The van der Waals surface area contributed by atoms with Crippen LogP contribution in [0.25, 0.3) is 0 Å². The van der Waals surface area contributed by atoms with E-state index in [9.17, 15) is 0 Å². The van der Waals surface area contributed by atoms with Gasteiger partial charge in [0.25, 0.3) is 0 Å². The monoisotopic (exact) mass is 260 g/mol. The van der Waals surface area contributed by atoms with Gasteiger partial charge < -0.3 is 10.6 Å². The Morgan fingerprint density at radius 2 is 2.22 bits per heavy atom. The van der Waals surface area contributed by atoms with Gasteiger partial charge in [-0.05, 0) is 16.7 Å². The zero-order valence-corrected chi connectivity index (χ0v) is 11.2. The molecule has 5 heteroatoms. The fourth-order valence-corrected chi connectivity index (χ4v) is 2.75. The van der Waals surface area contributed by atoms with Gasteiger partial charge >= 0.3 is 0 Å². The van der Waals surface area contributed by atoms with Gasteiger partial charge in [0.2, 0.25) is 5.13 Å². The third-order valence-electron chi connectivity index (χ3n) is 3.13. The Kier molecular flexibility index (Phi) is 3.25. The lowest BCUT2D eigenvalue weighted by Crippen LogP contribution is -2.00. The van der Waals surface area contributed by atoms with E-state index in [1.165, 1.54) is 28.2 Å². The molecule has 0 unspecified atom stereocenters. The Bertz CT molecular complexity index is 550. The predicted octanol–water partition coefficient (Wildman–Crippen LogP) is 2.32. The van der Waals surface area contributed by atoms with E-state index in [0.717, 1.165) is 37.0 Å². The SMILES string of the molecule is CCc1nsc(NCc2ccc3c(c2)CNC3)n1. The number of rotatable bonds is 4. The van der Waals surface area contributed by atoms with Crippen LogP contribution in [0, 0.1) is 0 Å². The zero-order valence-electron chi connectivity index (χ0n) is 10.4. The molecule has 94 valence electrons. The quantitative estimate of drug-likeness (QED) is 0.885. The van der Waals surface area contributed by atoms with Gasteiger partial charge in [-0.25, -0.2) is 4.98 Å². The molecule has 3 rings (SSSR count). The van der Waals surface area contributed by atoms with Crippen molar-refractivity contribution >= 4 is 16.7 Å². The van der Waals surface area contributed by atoms with E-state index in [0.29, 0.717) is 0 Å². The smallest absolute Gasteiger partial charge is 0.202 e. The van der Waals surface area contributed by atoms with Crippen molar-refractivity contribution < 1.29 is 0 Å². The highest BCUT2D eigenvalue weighted by Crippen LogP contribution is 2.18. The average Bonchev–Trinajstić information content (AvgIpc) is 3.04. The van der Waals surface area contributed by atoms with E-state index in [-0.39, 0.29) is 0 Å². The summed E-state index contributed by atoms with van der Waals surface area (Å²) < 4.78 is 4.26. The van der Waals surface area contributed by atoms with Crippen LogP contribution in [0.3, 0.4) is 0 Å². The molecule has 2 heterocycles. The van der Waals surface area contributed by atoms with Gasteiger partial charge in [-0.15, -0.1) is 0 Å². The molecule has 0 atom stereocenters. The van der Waals surface area contributed by atoms with E-state index in [1.54, 1.807) is 0 Å². The fraction of sp³-hybridized carbons (Fsp3) is 0.385. The van der Waals surface area contributed by atoms with Gasteiger partial charge in [0.15, 0.2) is 0 Å². The van der Waals surface area contributed by atoms with Crippen LogP contribution in [0.15, 0.2) is 18.2 Å². The first-order valence-corrected chi connectivity index (χ1v) is 7.00. The average molecular weight is 260 g/mol. The Balaban J connectivity index is 1.66. The van der Waals surface area contributed by atoms with Gasteiger partial charge in [-0.1, -0.05) is 25.1 Å². The second-order valence-corrected chi connectivity index (χ2v) is 5.18. The van der Waals surface area contributed by atoms with Crippen LogP contribution in [0.1, 0.15) is 29.4 Å². The van der Waals surface area contributed by atoms with Gasteiger partial charge in [0, 0.05) is 37.6 Å². The molecule has 4 nitrogen and oxygen atoms in total. The van der Waals surface area contributed by atoms with Crippen LogP contribution in [0.5, 0.6) is 0 Å². The van der Waals surface area contributed by atoms with Crippen molar-refractivity contribution in [1.82, 2.24) is 14.7 Å². The summed E-state index contributed by atoms with van der Waals surface area (Å²) in [6, 6.07) is 6.66. The summed E-state index contributed by atoms with van der Waals surface area (Å²) in [5.74, 6) is 0.917. The van der Waals surface area contributed by atoms with Gasteiger partial charge in [-0.2, -0.15) is 4.37 Å². The largest absolute Gasteiger partial charge is 0.356 e. The van der Waals surface area contributed by atoms with Gasteiger partial charge in [0.1, 0.15) is 5.82 Å². The molecule has 1 aliphatic rings. The molecule has 0 saturated heterocycles. The van der Waals surface area contributed by atoms with Crippen molar-refractivity contribution in [1.29, 1.82) is 0 Å². The first-order valence-electron chi connectivity index (χ1n) is 6.23. The number of anilines is 1. The summed E-state index contributed by atoms with van der Waals surface area (Å²) in [5, 5.41) is 7.60. The summed E-state index contributed by atoms with van der Waals surface area (Å²) in [6.45, 7) is 4.87. The zero-order chi connectivity index (χ0) is 12.4. The van der Waals surface area contributed by atoms with E-state index in [1.807, 2.05) is 0 Å². The minimum absolute atomic E-state index is 0.811. The number of aryl methyl sites for hydroxylation is 1. The maximum absolute atomic E-state index is 4.40. The lowest BCUT2D eigenvalue weighted by molar-refractivity contribution is 0.764. The third kappa shape index (κ3) is 2.37. The Hall–Kier alpha value is -1.46. The fourth-order valence-electron chi connectivity index (χ4n) is 2.11. The van der Waals surface area contributed by atoms with Crippen molar-refractivity contribution in [3.8, 4) is 0 Å². The van der Waals surface area contributed by atoms with Crippen LogP contribution in [0.2, 0.25) is 0 Å². The second kappa shape index (κ2) is 5.04. The normalized spacial score (nSPS) is 13.6. The minimum atomic E-state index is 0.811. The van der Waals surface area contributed by atoms with E-state index < -0.39 is 0 Å². The molecule has 1 aliphatic heterocycles. The molecule has 18 heavy (non-hydrogen) atoms. The van der Waals surface area contributed by atoms with Crippen LogP contribution >= 0.6 is 11.5 Å². The minimum Gasteiger partial charge on any atom is -0.356 e. The molecule has 0 saturated carbocycles. The second-order valence-electron chi connectivity index (χ2n) is 4.43. The maximum atomic E-state index is 4.40. The molecule has 1 aromatic carbocycles. The van der Waals surface area contributed by atoms with E-state index in [4.69, 9.17) is 0 Å². The van der Waals surface area contributed by atoms with Crippen molar-refractivity contribution in [2.45, 2.75) is 33.0 Å². The molecule has 1 aromatic heterocycles. The van der Waals surface area contributed by atoms with Crippen LogP contribution in [0.4, 0.5) is 5.13 Å². The molecule has 2 aromatic rings. The van der Waals surface area contributed by atoms with Crippen LogP contribution < -0.4 is 10.6 Å². The van der Waals surface area contributed by atoms with Crippen molar-refractivity contribution in [3.63, 3.8) is 0 Å². The number of nitrogens with zero attached hydrogens (tertiary/aromatic N) is 2. The lowest BCUT2D eigenvalue weighted by Gasteiger charge is -2.05. The topological polar surface area (TPSA) is 49.8 Å². The highest BCUT2D eigenvalue weighted by Gasteiger charge is 2.10. The molecular weight excluding hydrogens is 244 g/mol. The summed E-state index contributed by atoms with van der Waals surface area (Å²) in [7, 11) is 0. The van der Waals surface area contributed by atoms with Crippen molar-refractivity contribution in [2.24, 2.45) is 0 Å². The Morgan fingerprint density at radius 3 is 3.06 bits per heavy atom. The summed E-state index contributed by atoms with van der Waals surface area (Å²) in [5.41, 5.74) is 4.13. The Labute approximate surface area is 111 Å². The molecule has 2 N–H and O–H groups in total. The van der Waals surface area contributed by atoms with E-state index in [2.05, 4.69) is 45.1 Å². The number of benzene rings is 1. The summed E-state index contributed by atoms with van der Waals surface area (Å²) in [6.07, 6.45) is 0.892. The highest BCUT2D eigenvalue weighted by atomic mass is 32.1. The van der Waals surface area contributed by atoms with Crippen molar-refractivity contribution in [3.05, 3.63) is 40.7 Å².